The maximum atomic E-state index is 11.6. The van der Waals surface area contributed by atoms with E-state index in [-0.39, 0.29) is 11.4 Å². The fraction of sp³-hybridized carbons (Fsp3) is 0.900. The van der Waals surface area contributed by atoms with E-state index in [0.717, 1.165) is 12.8 Å². The Hall–Kier alpha value is -0.530. The van der Waals surface area contributed by atoms with Crippen molar-refractivity contribution in [1.82, 2.24) is 0 Å². The van der Waals surface area contributed by atoms with Crippen LogP contribution in [0.1, 0.15) is 39.0 Å². The first-order valence-electron chi connectivity index (χ1n) is 4.97. The zero-order valence-electron chi connectivity index (χ0n) is 7.64. The van der Waals surface area contributed by atoms with Crippen LogP contribution in [0, 0.1) is 11.3 Å². The molecule has 2 nitrogen and oxygen atoms in total. The van der Waals surface area contributed by atoms with Crippen LogP contribution in [0.4, 0.5) is 0 Å². The molecule has 0 bridgehead atoms. The fourth-order valence-electron chi connectivity index (χ4n) is 2.76. The molecule has 0 N–H and O–H groups in total. The van der Waals surface area contributed by atoms with E-state index in [4.69, 9.17) is 4.74 Å². The first-order chi connectivity index (χ1) is 5.79. The smallest absolute Gasteiger partial charge is 0.312 e. The maximum Gasteiger partial charge on any atom is 0.312 e. The molecule has 0 aromatic carbocycles. The van der Waals surface area contributed by atoms with Crippen molar-refractivity contribution in [2.75, 3.05) is 6.61 Å². The predicted octanol–water partition coefficient (Wildman–Crippen LogP) is 2.13. The van der Waals surface area contributed by atoms with Crippen molar-refractivity contribution in [3.05, 3.63) is 0 Å². The molecule has 0 aliphatic heterocycles. The van der Waals surface area contributed by atoms with Crippen LogP contribution < -0.4 is 0 Å². The van der Waals surface area contributed by atoms with E-state index < -0.39 is 0 Å². The highest BCUT2D eigenvalue weighted by Crippen LogP contribution is 2.58. The standard InChI is InChI=1S/C10H16O2/c1-2-12-9(11)10-6-3-4-8(10)5-7-10/h8H,2-7H2,1H3. The van der Waals surface area contributed by atoms with E-state index in [2.05, 4.69) is 0 Å². The molecule has 0 radical (unpaired) electrons. The average molecular weight is 168 g/mol. The summed E-state index contributed by atoms with van der Waals surface area (Å²) in [5.41, 5.74) is -0.0178. The van der Waals surface area contributed by atoms with Crippen LogP contribution >= 0.6 is 0 Å². The molecule has 2 fully saturated rings. The number of hydrogen-bond acceptors (Lipinski definition) is 2. The summed E-state index contributed by atoms with van der Waals surface area (Å²) < 4.78 is 5.11. The summed E-state index contributed by atoms with van der Waals surface area (Å²) in [6, 6.07) is 0. The van der Waals surface area contributed by atoms with E-state index in [1.807, 2.05) is 6.92 Å². The quantitative estimate of drug-likeness (QED) is 0.590. The minimum Gasteiger partial charge on any atom is -0.466 e. The van der Waals surface area contributed by atoms with Gasteiger partial charge in [0.1, 0.15) is 0 Å². The van der Waals surface area contributed by atoms with Gasteiger partial charge in [0, 0.05) is 0 Å². The van der Waals surface area contributed by atoms with Gasteiger partial charge in [-0.15, -0.1) is 0 Å². The molecule has 2 heteroatoms. The monoisotopic (exact) mass is 168 g/mol. The maximum absolute atomic E-state index is 11.6. The summed E-state index contributed by atoms with van der Waals surface area (Å²) in [4.78, 5) is 11.6. The van der Waals surface area contributed by atoms with E-state index in [0.29, 0.717) is 12.5 Å². The van der Waals surface area contributed by atoms with Gasteiger partial charge in [0.25, 0.3) is 0 Å². The first-order valence-corrected chi connectivity index (χ1v) is 4.97. The Morgan fingerprint density at radius 2 is 2.33 bits per heavy atom. The number of ether oxygens (including phenoxy) is 1. The zero-order valence-corrected chi connectivity index (χ0v) is 7.64. The highest BCUT2D eigenvalue weighted by Gasteiger charge is 2.55. The minimum absolute atomic E-state index is 0.0178. The molecule has 2 saturated carbocycles. The molecule has 2 unspecified atom stereocenters. The zero-order chi connectivity index (χ0) is 8.60. The fourth-order valence-corrected chi connectivity index (χ4v) is 2.76. The van der Waals surface area contributed by atoms with Gasteiger partial charge in [0.05, 0.1) is 12.0 Å². The summed E-state index contributed by atoms with van der Waals surface area (Å²) >= 11 is 0. The lowest BCUT2D eigenvalue weighted by Crippen LogP contribution is -2.44. The van der Waals surface area contributed by atoms with Gasteiger partial charge in [0.15, 0.2) is 0 Å². The Morgan fingerprint density at radius 1 is 1.50 bits per heavy atom. The number of esters is 1. The third-order valence-electron chi connectivity index (χ3n) is 3.58. The number of hydrogen-bond donors (Lipinski definition) is 0. The van der Waals surface area contributed by atoms with E-state index in [1.165, 1.54) is 19.3 Å². The molecule has 68 valence electrons. The molecule has 0 heterocycles. The summed E-state index contributed by atoms with van der Waals surface area (Å²) in [6.45, 7) is 2.42. The van der Waals surface area contributed by atoms with Crippen molar-refractivity contribution in [2.45, 2.75) is 39.0 Å². The van der Waals surface area contributed by atoms with Gasteiger partial charge in [-0.1, -0.05) is 6.42 Å². The molecule has 0 aromatic heterocycles. The molecule has 2 aliphatic carbocycles. The van der Waals surface area contributed by atoms with Gasteiger partial charge in [-0.05, 0) is 38.5 Å². The number of rotatable bonds is 2. The molecular weight excluding hydrogens is 152 g/mol. The number of carbonyl (C=O) groups is 1. The van der Waals surface area contributed by atoms with Gasteiger partial charge >= 0.3 is 5.97 Å². The summed E-state index contributed by atoms with van der Waals surface area (Å²) in [5.74, 6) is 0.746. The van der Waals surface area contributed by atoms with Crippen molar-refractivity contribution >= 4 is 5.97 Å². The third kappa shape index (κ3) is 0.900. The van der Waals surface area contributed by atoms with Crippen LogP contribution in [0.2, 0.25) is 0 Å². The Labute approximate surface area is 73.3 Å². The van der Waals surface area contributed by atoms with Crippen LogP contribution in [-0.4, -0.2) is 12.6 Å². The molecular formula is C10H16O2. The summed E-state index contributed by atoms with van der Waals surface area (Å²) in [5, 5.41) is 0. The summed E-state index contributed by atoms with van der Waals surface area (Å²) in [6.07, 6.45) is 5.88. The predicted molar refractivity (Wildman–Crippen MR) is 45.6 cm³/mol. The van der Waals surface area contributed by atoms with E-state index in [9.17, 15) is 4.79 Å². The van der Waals surface area contributed by atoms with Crippen molar-refractivity contribution in [2.24, 2.45) is 11.3 Å². The van der Waals surface area contributed by atoms with Gasteiger partial charge in [-0.25, -0.2) is 0 Å². The highest BCUT2D eigenvalue weighted by molar-refractivity contribution is 5.78. The normalized spacial score (nSPS) is 38.6. The largest absolute Gasteiger partial charge is 0.466 e. The average Bonchev–Trinajstić information content (AvgIpc) is 2.29. The van der Waals surface area contributed by atoms with Crippen molar-refractivity contribution in [3.63, 3.8) is 0 Å². The third-order valence-corrected chi connectivity index (χ3v) is 3.58. The molecule has 12 heavy (non-hydrogen) atoms. The molecule has 0 saturated heterocycles. The van der Waals surface area contributed by atoms with Crippen LogP contribution in [0.3, 0.4) is 0 Å². The molecule has 2 aliphatic rings. The molecule has 0 spiro atoms. The second kappa shape index (κ2) is 2.75. The molecule has 2 rings (SSSR count). The second-order valence-corrected chi connectivity index (χ2v) is 4.00. The lowest BCUT2D eigenvalue weighted by atomic mass is 9.62. The Kier molecular flexibility index (Phi) is 1.85. The number of fused-ring (bicyclic) bond motifs is 1. The van der Waals surface area contributed by atoms with E-state index in [1.54, 1.807) is 0 Å². The van der Waals surface area contributed by atoms with Gasteiger partial charge in [-0.3, -0.25) is 4.79 Å². The Balaban J connectivity index is 2.05. The highest BCUT2D eigenvalue weighted by atomic mass is 16.5. The van der Waals surface area contributed by atoms with Crippen molar-refractivity contribution in [1.29, 1.82) is 0 Å². The first kappa shape index (κ1) is 8.09. The Morgan fingerprint density at radius 3 is 2.83 bits per heavy atom. The summed E-state index contributed by atoms with van der Waals surface area (Å²) in [7, 11) is 0. The van der Waals surface area contributed by atoms with Gasteiger partial charge < -0.3 is 4.74 Å². The van der Waals surface area contributed by atoms with E-state index >= 15 is 0 Å². The Bertz CT molecular complexity index is 200. The van der Waals surface area contributed by atoms with Gasteiger partial charge in [-0.2, -0.15) is 0 Å². The van der Waals surface area contributed by atoms with Crippen LogP contribution in [0.5, 0.6) is 0 Å². The van der Waals surface area contributed by atoms with Crippen molar-refractivity contribution in [3.8, 4) is 0 Å². The molecule has 0 amide bonds. The lowest BCUT2D eigenvalue weighted by molar-refractivity contribution is -0.165. The van der Waals surface area contributed by atoms with Crippen LogP contribution in [-0.2, 0) is 9.53 Å². The van der Waals surface area contributed by atoms with Gasteiger partial charge in [0.2, 0.25) is 0 Å². The number of carbonyl (C=O) groups excluding carboxylic acids is 1. The van der Waals surface area contributed by atoms with Crippen molar-refractivity contribution < 1.29 is 9.53 Å². The molecule has 0 aromatic rings. The topological polar surface area (TPSA) is 26.3 Å². The minimum atomic E-state index is -0.0178. The SMILES string of the molecule is CCOC(=O)C12CCCC1CC2. The lowest BCUT2D eigenvalue weighted by Gasteiger charge is -2.42. The van der Waals surface area contributed by atoms with Crippen LogP contribution in [0.15, 0.2) is 0 Å². The van der Waals surface area contributed by atoms with Crippen LogP contribution in [0.25, 0.3) is 0 Å². The molecule has 2 atom stereocenters. The second-order valence-electron chi connectivity index (χ2n) is 4.00.